The van der Waals surface area contributed by atoms with Crippen LogP contribution in [0.1, 0.15) is 35.5 Å². The number of esters is 1. The lowest BCUT2D eigenvalue weighted by atomic mass is 10.0. The van der Waals surface area contributed by atoms with Gasteiger partial charge in [-0.3, -0.25) is 4.99 Å². The number of aromatic nitrogens is 2. The molecule has 30 heavy (non-hydrogen) atoms. The summed E-state index contributed by atoms with van der Waals surface area (Å²) >= 11 is 0. The molecule has 0 spiro atoms. The van der Waals surface area contributed by atoms with Crippen LogP contribution < -0.4 is 0 Å². The zero-order chi connectivity index (χ0) is 21.6. The normalized spacial score (nSPS) is 12.1. The molecule has 1 atom stereocenters. The Morgan fingerprint density at radius 2 is 1.57 bits per heavy atom. The highest BCUT2D eigenvalue weighted by Gasteiger charge is 2.34. The van der Waals surface area contributed by atoms with Crippen LogP contribution in [0.15, 0.2) is 78.0 Å². The molecular formula is C22H18F3N3O2. The molecule has 1 unspecified atom stereocenters. The van der Waals surface area contributed by atoms with Crippen molar-refractivity contribution >= 4 is 11.7 Å². The summed E-state index contributed by atoms with van der Waals surface area (Å²) in [6.45, 7) is 1.66. The molecule has 0 radical (unpaired) electrons. The van der Waals surface area contributed by atoms with Crippen molar-refractivity contribution in [1.29, 1.82) is 0 Å². The zero-order valence-electron chi connectivity index (χ0n) is 16.0. The Morgan fingerprint density at radius 1 is 1.00 bits per heavy atom. The quantitative estimate of drug-likeness (QED) is 0.436. The predicted octanol–water partition coefficient (Wildman–Crippen LogP) is 4.64. The van der Waals surface area contributed by atoms with Crippen LogP contribution in [0.4, 0.5) is 13.2 Å². The fourth-order valence-electron chi connectivity index (χ4n) is 2.77. The van der Waals surface area contributed by atoms with E-state index in [-0.39, 0.29) is 12.3 Å². The topological polar surface area (TPSA) is 64.4 Å². The number of nitrogens with zero attached hydrogens (tertiary/aromatic N) is 3. The van der Waals surface area contributed by atoms with E-state index in [4.69, 9.17) is 4.74 Å². The van der Waals surface area contributed by atoms with Gasteiger partial charge in [-0.05, 0) is 13.0 Å². The van der Waals surface area contributed by atoms with Gasteiger partial charge in [-0.25, -0.2) is 14.8 Å². The molecule has 3 rings (SSSR count). The first-order valence-electron chi connectivity index (χ1n) is 9.14. The maximum absolute atomic E-state index is 13.1. The molecule has 5 nitrogen and oxygen atoms in total. The average molecular weight is 413 g/mol. The molecule has 154 valence electrons. The van der Waals surface area contributed by atoms with Crippen molar-refractivity contribution in [2.45, 2.75) is 19.1 Å². The highest BCUT2D eigenvalue weighted by molar-refractivity contribution is 6.13. The zero-order valence-corrected chi connectivity index (χ0v) is 16.0. The SMILES string of the molecule is CCOC(=O)C(N=C(c1ccccc1)c1ccccc1)c1cc(C(F)(F)F)ncn1. The van der Waals surface area contributed by atoms with Crippen molar-refractivity contribution in [3.63, 3.8) is 0 Å². The van der Waals surface area contributed by atoms with Crippen LogP contribution in [0.25, 0.3) is 0 Å². The minimum absolute atomic E-state index is 0.0497. The third-order valence-corrected chi connectivity index (χ3v) is 4.12. The summed E-state index contributed by atoms with van der Waals surface area (Å²) in [4.78, 5) is 24.3. The van der Waals surface area contributed by atoms with Gasteiger partial charge >= 0.3 is 12.1 Å². The van der Waals surface area contributed by atoms with Gasteiger partial charge in [0.2, 0.25) is 0 Å². The van der Waals surface area contributed by atoms with Crippen LogP contribution in [0.2, 0.25) is 0 Å². The van der Waals surface area contributed by atoms with E-state index in [2.05, 4.69) is 15.0 Å². The molecule has 0 saturated heterocycles. The number of alkyl halides is 3. The second-order valence-electron chi connectivity index (χ2n) is 6.19. The first-order valence-corrected chi connectivity index (χ1v) is 9.14. The Kier molecular flexibility index (Phi) is 6.56. The lowest BCUT2D eigenvalue weighted by molar-refractivity contribution is -0.145. The summed E-state index contributed by atoms with van der Waals surface area (Å²) in [5.74, 6) is -0.798. The minimum atomic E-state index is -4.68. The largest absolute Gasteiger partial charge is 0.464 e. The Morgan fingerprint density at radius 3 is 2.07 bits per heavy atom. The molecule has 0 amide bonds. The Bertz CT molecular complexity index is 981. The molecule has 0 bridgehead atoms. The first-order chi connectivity index (χ1) is 14.4. The van der Waals surface area contributed by atoms with Crippen molar-refractivity contribution in [2.24, 2.45) is 4.99 Å². The van der Waals surface area contributed by atoms with Crippen molar-refractivity contribution in [2.75, 3.05) is 6.61 Å². The van der Waals surface area contributed by atoms with Crippen LogP contribution in [0.5, 0.6) is 0 Å². The van der Waals surface area contributed by atoms with Gasteiger partial charge in [-0.15, -0.1) is 0 Å². The molecule has 2 aromatic carbocycles. The molecule has 0 aliphatic heterocycles. The van der Waals surface area contributed by atoms with Gasteiger partial charge in [0.1, 0.15) is 12.0 Å². The lowest BCUT2D eigenvalue weighted by Gasteiger charge is -2.16. The van der Waals surface area contributed by atoms with Crippen LogP contribution in [0, 0.1) is 0 Å². The molecular weight excluding hydrogens is 395 g/mol. The third kappa shape index (κ3) is 5.08. The maximum atomic E-state index is 13.1. The van der Waals surface area contributed by atoms with Gasteiger partial charge < -0.3 is 4.74 Å². The number of halogens is 3. The maximum Gasteiger partial charge on any atom is 0.433 e. The highest BCUT2D eigenvalue weighted by atomic mass is 19.4. The molecule has 0 aliphatic carbocycles. The van der Waals surface area contributed by atoms with Crippen molar-refractivity contribution in [3.8, 4) is 0 Å². The summed E-state index contributed by atoms with van der Waals surface area (Å²) in [6, 6.07) is 17.4. The van der Waals surface area contributed by atoms with Crippen molar-refractivity contribution in [1.82, 2.24) is 9.97 Å². The number of hydrogen-bond acceptors (Lipinski definition) is 5. The Labute approximate surface area is 171 Å². The van der Waals surface area contributed by atoms with Crippen LogP contribution >= 0.6 is 0 Å². The number of carbonyl (C=O) groups excluding carboxylic acids is 1. The Hall–Kier alpha value is -3.55. The van der Waals surface area contributed by atoms with Gasteiger partial charge in [0.25, 0.3) is 0 Å². The molecule has 3 aromatic rings. The highest BCUT2D eigenvalue weighted by Crippen LogP contribution is 2.30. The number of carbonyl (C=O) groups is 1. The van der Waals surface area contributed by atoms with Crippen molar-refractivity contribution in [3.05, 3.63) is 95.6 Å². The number of aliphatic imine (C=N–C) groups is 1. The third-order valence-electron chi connectivity index (χ3n) is 4.12. The monoisotopic (exact) mass is 413 g/mol. The van der Waals surface area contributed by atoms with E-state index >= 15 is 0 Å². The van der Waals surface area contributed by atoms with Crippen LogP contribution in [-0.4, -0.2) is 28.3 Å². The summed E-state index contributed by atoms with van der Waals surface area (Å²) < 4.78 is 44.5. The number of ether oxygens (including phenoxy) is 1. The van der Waals surface area contributed by atoms with E-state index in [1.54, 1.807) is 55.5 Å². The fourth-order valence-corrected chi connectivity index (χ4v) is 2.77. The standard InChI is InChI=1S/C22H18F3N3O2/c1-2-30-21(29)20(17-13-18(22(23,24)25)27-14-26-17)28-19(15-9-5-3-6-10-15)16-11-7-4-8-12-16/h3-14,20H,2H2,1H3. The van der Waals surface area contributed by atoms with E-state index in [0.717, 1.165) is 12.4 Å². The number of hydrogen-bond donors (Lipinski definition) is 0. The first kappa shape index (κ1) is 21.2. The van der Waals surface area contributed by atoms with E-state index < -0.39 is 23.9 Å². The van der Waals surface area contributed by atoms with Gasteiger partial charge in [0.05, 0.1) is 18.0 Å². The van der Waals surface area contributed by atoms with E-state index in [9.17, 15) is 18.0 Å². The van der Waals surface area contributed by atoms with E-state index in [1.165, 1.54) is 0 Å². The summed E-state index contributed by atoms with van der Waals surface area (Å²) in [5, 5.41) is 0. The molecule has 0 N–H and O–H groups in total. The number of rotatable bonds is 6. The minimum Gasteiger partial charge on any atom is -0.464 e. The van der Waals surface area contributed by atoms with Gasteiger partial charge in [-0.2, -0.15) is 13.2 Å². The number of benzene rings is 2. The van der Waals surface area contributed by atoms with Gasteiger partial charge in [0.15, 0.2) is 6.04 Å². The second-order valence-corrected chi connectivity index (χ2v) is 6.19. The molecule has 0 fully saturated rings. The molecule has 0 saturated carbocycles. The van der Waals surface area contributed by atoms with Crippen LogP contribution in [0.3, 0.4) is 0 Å². The van der Waals surface area contributed by atoms with Gasteiger partial charge in [-0.1, -0.05) is 60.7 Å². The summed E-state index contributed by atoms with van der Waals surface area (Å²) in [7, 11) is 0. The van der Waals surface area contributed by atoms with E-state index in [0.29, 0.717) is 16.8 Å². The molecule has 8 heteroatoms. The van der Waals surface area contributed by atoms with Gasteiger partial charge in [0, 0.05) is 11.1 Å². The fraction of sp³-hybridized carbons (Fsp3) is 0.182. The summed E-state index contributed by atoms with van der Waals surface area (Å²) in [6.07, 6.45) is -3.91. The average Bonchev–Trinajstić information content (AvgIpc) is 2.75. The smallest absolute Gasteiger partial charge is 0.433 e. The molecule has 1 aromatic heterocycles. The van der Waals surface area contributed by atoms with Crippen molar-refractivity contribution < 1.29 is 22.7 Å². The Balaban J connectivity index is 2.17. The molecule has 0 aliphatic rings. The molecule has 1 heterocycles. The lowest BCUT2D eigenvalue weighted by Crippen LogP contribution is -2.19. The predicted molar refractivity (Wildman–Crippen MR) is 105 cm³/mol. The summed E-state index contributed by atoms with van der Waals surface area (Å²) in [5.41, 5.74) is 0.478. The van der Waals surface area contributed by atoms with Crippen LogP contribution in [-0.2, 0) is 15.7 Å². The van der Waals surface area contributed by atoms with E-state index in [1.807, 2.05) is 12.1 Å². The second kappa shape index (κ2) is 9.30.